The molecule has 0 saturated heterocycles. The van der Waals surface area contributed by atoms with Crippen LogP contribution in [0.25, 0.3) is 0 Å². The van der Waals surface area contributed by atoms with E-state index in [1.165, 1.54) is 12.1 Å². The number of hydrogen-bond donors (Lipinski definition) is 1. The van der Waals surface area contributed by atoms with E-state index in [0.29, 0.717) is 16.3 Å². The molecule has 4 nitrogen and oxygen atoms in total. The van der Waals surface area contributed by atoms with Gasteiger partial charge in [-0.3, -0.25) is 4.79 Å². The molecule has 4 rings (SSSR count). The van der Waals surface area contributed by atoms with E-state index in [1.807, 2.05) is 31.2 Å². The zero-order valence-electron chi connectivity index (χ0n) is 18.9. The van der Waals surface area contributed by atoms with E-state index in [2.05, 4.69) is 10.5 Å². The molecule has 188 valence electrons. The number of oxime groups is 1. The largest absolute Gasteiger partial charge is 0.435 e. The number of carbonyl (C=O) groups is 1. The standard InChI is InChI=1S/C26H20Cl3F3N2O2/c1-15-2-4-16(5-3-15)8-21(35)14-33-23-9-17(6-7-22(23)29)24-13-25(36-34-24,26(30,31)32)18-10-19(27)12-20(28)11-18/h2-7,9-12,33H,8,13-14H2,1H3. The van der Waals surface area contributed by atoms with Crippen molar-refractivity contribution in [2.24, 2.45) is 5.16 Å². The van der Waals surface area contributed by atoms with E-state index >= 15 is 0 Å². The molecule has 10 heteroatoms. The van der Waals surface area contributed by atoms with Gasteiger partial charge >= 0.3 is 6.18 Å². The lowest BCUT2D eigenvalue weighted by Gasteiger charge is -2.29. The fourth-order valence-corrected chi connectivity index (χ4v) is 4.59. The normalized spacial score (nSPS) is 17.5. The minimum Gasteiger partial charge on any atom is -0.377 e. The number of Topliss-reactive ketones (excluding diaryl/α,β-unsaturated/α-hetero) is 1. The predicted octanol–water partition coefficient (Wildman–Crippen LogP) is 7.76. The maximum atomic E-state index is 14.3. The Kier molecular flexibility index (Phi) is 7.55. The Morgan fingerprint density at radius 2 is 1.69 bits per heavy atom. The topological polar surface area (TPSA) is 50.7 Å². The minimum atomic E-state index is -4.80. The molecule has 3 aromatic carbocycles. The Balaban J connectivity index is 1.52. The van der Waals surface area contributed by atoms with Crippen LogP contribution in [0.2, 0.25) is 15.1 Å². The number of aryl methyl sites for hydroxylation is 1. The van der Waals surface area contributed by atoms with Crippen LogP contribution in [-0.4, -0.2) is 24.2 Å². The molecule has 3 aromatic rings. The highest BCUT2D eigenvalue weighted by atomic mass is 35.5. The van der Waals surface area contributed by atoms with Crippen LogP contribution in [0.3, 0.4) is 0 Å². The number of rotatable bonds is 7. The van der Waals surface area contributed by atoms with Gasteiger partial charge in [0.15, 0.2) is 5.78 Å². The van der Waals surface area contributed by atoms with Crippen molar-refractivity contribution in [2.45, 2.75) is 31.5 Å². The predicted molar refractivity (Wildman–Crippen MR) is 136 cm³/mol. The van der Waals surface area contributed by atoms with Crippen LogP contribution < -0.4 is 5.32 Å². The third-order valence-electron chi connectivity index (χ3n) is 5.81. The van der Waals surface area contributed by atoms with Gasteiger partial charge in [-0.2, -0.15) is 13.2 Å². The monoisotopic (exact) mass is 554 g/mol. The molecular weight excluding hydrogens is 536 g/mol. The van der Waals surface area contributed by atoms with Crippen molar-refractivity contribution < 1.29 is 22.8 Å². The average Bonchev–Trinajstić information content (AvgIpc) is 3.27. The maximum absolute atomic E-state index is 14.3. The number of halogens is 6. The lowest BCUT2D eigenvalue weighted by atomic mass is 9.86. The fraction of sp³-hybridized carbons (Fsp3) is 0.231. The molecule has 1 atom stereocenters. The quantitative estimate of drug-likeness (QED) is 0.324. The van der Waals surface area contributed by atoms with E-state index in [4.69, 9.17) is 39.6 Å². The third-order valence-corrected chi connectivity index (χ3v) is 6.58. The smallest absolute Gasteiger partial charge is 0.377 e. The molecule has 1 aliphatic rings. The van der Waals surface area contributed by atoms with Crippen LogP contribution >= 0.6 is 34.8 Å². The molecular formula is C26H20Cl3F3N2O2. The highest BCUT2D eigenvalue weighted by molar-refractivity contribution is 6.34. The molecule has 0 aromatic heterocycles. The maximum Gasteiger partial charge on any atom is 0.435 e. The molecule has 0 spiro atoms. The van der Waals surface area contributed by atoms with Crippen LogP contribution in [0.5, 0.6) is 0 Å². The molecule has 1 unspecified atom stereocenters. The number of nitrogens with zero attached hydrogens (tertiary/aromatic N) is 1. The van der Waals surface area contributed by atoms with Crippen molar-refractivity contribution in [2.75, 3.05) is 11.9 Å². The first-order valence-electron chi connectivity index (χ1n) is 10.9. The Morgan fingerprint density at radius 1 is 1.03 bits per heavy atom. The summed E-state index contributed by atoms with van der Waals surface area (Å²) in [5.41, 5.74) is -0.186. The van der Waals surface area contributed by atoms with E-state index in [0.717, 1.165) is 23.3 Å². The Labute approximate surface area is 221 Å². The number of nitrogens with one attached hydrogen (secondary N) is 1. The first kappa shape index (κ1) is 26.3. The number of hydrogen-bond acceptors (Lipinski definition) is 4. The van der Waals surface area contributed by atoms with Crippen molar-refractivity contribution in [3.63, 3.8) is 0 Å². The SMILES string of the molecule is Cc1ccc(CC(=O)CNc2cc(C3=NOC(c4cc(Cl)cc(Cl)c4)(C(F)(F)F)C3)ccc2Cl)cc1. The summed E-state index contributed by atoms with van der Waals surface area (Å²) in [4.78, 5) is 17.5. The summed E-state index contributed by atoms with van der Waals surface area (Å²) < 4.78 is 42.8. The van der Waals surface area contributed by atoms with Crippen molar-refractivity contribution in [1.82, 2.24) is 0 Å². The summed E-state index contributed by atoms with van der Waals surface area (Å²) in [5, 5.41) is 7.14. The zero-order chi connectivity index (χ0) is 26.1. The number of carbonyl (C=O) groups excluding carboxylic acids is 1. The van der Waals surface area contributed by atoms with Gasteiger partial charge in [0, 0.05) is 34.0 Å². The zero-order valence-corrected chi connectivity index (χ0v) is 21.2. The van der Waals surface area contributed by atoms with E-state index < -0.39 is 18.2 Å². The fourth-order valence-electron chi connectivity index (χ4n) is 3.88. The molecule has 0 saturated carbocycles. The summed E-state index contributed by atoms with van der Waals surface area (Å²) in [6, 6.07) is 15.9. The lowest BCUT2D eigenvalue weighted by Crippen LogP contribution is -2.42. The Morgan fingerprint density at radius 3 is 2.33 bits per heavy atom. The van der Waals surface area contributed by atoms with Crippen molar-refractivity contribution in [1.29, 1.82) is 0 Å². The summed E-state index contributed by atoms with van der Waals surface area (Å²) in [6.07, 6.45) is -5.16. The second-order valence-electron chi connectivity index (χ2n) is 8.54. The number of alkyl halides is 3. The summed E-state index contributed by atoms with van der Waals surface area (Å²) in [7, 11) is 0. The second-order valence-corrected chi connectivity index (χ2v) is 9.82. The van der Waals surface area contributed by atoms with Crippen molar-refractivity contribution in [3.05, 3.63) is 98.0 Å². The summed E-state index contributed by atoms with van der Waals surface area (Å²) >= 11 is 18.2. The molecule has 1 heterocycles. The van der Waals surface area contributed by atoms with E-state index in [-0.39, 0.29) is 40.1 Å². The van der Waals surface area contributed by atoms with Gasteiger partial charge < -0.3 is 10.2 Å². The van der Waals surface area contributed by atoms with Gasteiger partial charge in [-0.05, 0) is 42.8 Å². The van der Waals surface area contributed by atoms with Gasteiger partial charge in [0.05, 0.1) is 23.0 Å². The van der Waals surface area contributed by atoms with Gasteiger partial charge in [0.1, 0.15) is 0 Å². The van der Waals surface area contributed by atoms with Gasteiger partial charge in [0.2, 0.25) is 0 Å². The van der Waals surface area contributed by atoms with Gasteiger partial charge in [-0.1, -0.05) is 75.9 Å². The number of anilines is 1. The minimum absolute atomic E-state index is 0.00642. The van der Waals surface area contributed by atoms with Crippen LogP contribution in [0.1, 0.15) is 28.7 Å². The van der Waals surface area contributed by atoms with Crippen LogP contribution in [-0.2, 0) is 21.7 Å². The van der Waals surface area contributed by atoms with Crippen LogP contribution in [0.15, 0.2) is 65.8 Å². The second kappa shape index (κ2) is 10.3. The van der Waals surface area contributed by atoms with Gasteiger partial charge in [0.25, 0.3) is 5.60 Å². The molecule has 0 radical (unpaired) electrons. The van der Waals surface area contributed by atoms with Crippen molar-refractivity contribution >= 4 is 52.0 Å². The number of ketones is 1. The Bertz CT molecular complexity index is 1310. The van der Waals surface area contributed by atoms with Crippen LogP contribution in [0, 0.1) is 6.92 Å². The highest BCUT2D eigenvalue weighted by Gasteiger charge is 2.62. The van der Waals surface area contributed by atoms with E-state index in [9.17, 15) is 18.0 Å². The summed E-state index contributed by atoms with van der Waals surface area (Å²) in [5.74, 6) is -0.0733. The summed E-state index contributed by atoms with van der Waals surface area (Å²) in [6.45, 7) is 1.96. The van der Waals surface area contributed by atoms with E-state index in [1.54, 1.807) is 12.1 Å². The lowest BCUT2D eigenvalue weighted by molar-refractivity contribution is -0.275. The molecule has 0 fully saturated rings. The Hall–Kier alpha value is -2.74. The molecule has 36 heavy (non-hydrogen) atoms. The first-order chi connectivity index (χ1) is 17.0. The number of benzene rings is 3. The van der Waals surface area contributed by atoms with Crippen molar-refractivity contribution in [3.8, 4) is 0 Å². The first-order valence-corrected chi connectivity index (χ1v) is 12.0. The van der Waals surface area contributed by atoms with Gasteiger partial charge in [-0.15, -0.1) is 0 Å². The molecule has 1 N–H and O–H groups in total. The third kappa shape index (κ3) is 5.64. The van der Waals surface area contributed by atoms with Gasteiger partial charge in [-0.25, -0.2) is 0 Å². The molecule has 0 aliphatic carbocycles. The van der Waals surface area contributed by atoms with Crippen LogP contribution in [0.4, 0.5) is 18.9 Å². The molecule has 1 aliphatic heterocycles. The average molecular weight is 556 g/mol. The molecule has 0 amide bonds. The molecule has 0 bridgehead atoms. The highest BCUT2D eigenvalue weighted by Crippen LogP contribution is 2.49.